The minimum atomic E-state index is -1.56. The van der Waals surface area contributed by atoms with Crippen LogP contribution in [0.15, 0.2) is 83.9 Å². The molecule has 0 aliphatic carbocycles. The summed E-state index contributed by atoms with van der Waals surface area (Å²) in [6, 6.07) is 20.3. The zero-order valence-corrected chi connectivity index (χ0v) is 25.3. The van der Waals surface area contributed by atoms with Crippen molar-refractivity contribution >= 4 is 46.2 Å². The van der Waals surface area contributed by atoms with Gasteiger partial charge in [-0.3, -0.25) is 9.59 Å². The van der Waals surface area contributed by atoms with E-state index in [2.05, 4.69) is 30.8 Å². The number of ether oxygens (including phenoxy) is 1. The van der Waals surface area contributed by atoms with E-state index in [1.165, 1.54) is 11.0 Å². The number of carbonyl (C=O) groups excluding carboxylic acids is 1. The third-order valence-corrected chi connectivity index (χ3v) is 7.67. The minimum absolute atomic E-state index is 0.128. The molecule has 0 fully saturated rings. The van der Waals surface area contributed by atoms with Crippen molar-refractivity contribution in [1.82, 2.24) is 40.5 Å². The van der Waals surface area contributed by atoms with Gasteiger partial charge < -0.3 is 25.1 Å². The number of hydrogen-bond donors (Lipinski definition) is 4. The summed E-state index contributed by atoms with van der Waals surface area (Å²) in [6.07, 6.45) is 0.828. The average molecular weight is 659 g/mol. The van der Waals surface area contributed by atoms with Crippen molar-refractivity contribution in [2.24, 2.45) is 0 Å². The number of benzene rings is 3. The Balaban J connectivity index is 1.28. The number of nitrogens with one attached hydrogen (secondary N) is 3. The second-order valence-corrected chi connectivity index (χ2v) is 11.1. The van der Waals surface area contributed by atoms with Gasteiger partial charge in [0.1, 0.15) is 28.7 Å². The van der Waals surface area contributed by atoms with E-state index in [0.717, 1.165) is 17.2 Å². The number of aryl methyl sites for hydroxylation is 1. The van der Waals surface area contributed by atoms with Gasteiger partial charge >= 0.3 is 6.16 Å². The highest BCUT2D eigenvalue weighted by Gasteiger charge is 2.22. The second kappa shape index (κ2) is 13.2. The van der Waals surface area contributed by atoms with Gasteiger partial charge in [0.05, 0.1) is 17.2 Å². The first kappa shape index (κ1) is 30.5. The second-order valence-electron chi connectivity index (χ2n) is 10.2. The molecule has 0 saturated carbocycles. The lowest BCUT2D eigenvalue weighted by molar-refractivity contribution is -0.121. The fraction of sp³-hybridized carbons (Fsp3) is 0.129. The molecule has 3 aromatic carbocycles. The molecule has 1 atom stereocenters. The van der Waals surface area contributed by atoms with Crippen LogP contribution in [-0.4, -0.2) is 52.3 Å². The number of aromatic amines is 2. The van der Waals surface area contributed by atoms with Gasteiger partial charge in [0.15, 0.2) is 0 Å². The van der Waals surface area contributed by atoms with E-state index in [1.54, 1.807) is 36.4 Å². The number of aromatic nitrogens is 7. The molecular weight excluding hydrogens is 635 g/mol. The Morgan fingerprint density at radius 1 is 1.02 bits per heavy atom. The lowest BCUT2D eigenvalue weighted by Gasteiger charge is -2.17. The van der Waals surface area contributed by atoms with Crippen LogP contribution in [0, 0.1) is 0 Å². The van der Waals surface area contributed by atoms with Crippen LogP contribution in [0.5, 0.6) is 5.75 Å². The molecule has 6 aromatic rings. The van der Waals surface area contributed by atoms with Gasteiger partial charge in [0.2, 0.25) is 5.91 Å². The summed E-state index contributed by atoms with van der Waals surface area (Å²) in [7, 11) is 0. The van der Waals surface area contributed by atoms with Crippen LogP contribution < -0.4 is 15.6 Å². The lowest BCUT2D eigenvalue weighted by atomic mass is 10.0. The van der Waals surface area contributed by atoms with Crippen molar-refractivity contribution < 1.29 is 19.4 Å². The molecule has 46 heavy (non-hydrogen) atoms. The van der Waals surface area contributed by atoms with Crippen LogP contribution in [0.3, 0.4) is 0 Å². The van der Waals surface area contributed by atoms with Crippen molar-refractivity contribution in [3.05, 3.63) is 117 Å². The molecule has 0 spiro atoms. The van der Waals surface area contributed by atoms with E-state index in [9.17, 15) is 14.4 Å². The summed E-state index contributed by atoms with van der Waals surface area (Å²) in [5.74, 6) is 0.0535. The molecule has 6 rings (SSSR count). The topological polar surface area (TPSA) is 181 Å². The molecule has 0 bridgehead atoms. The SMILES string of the molecule is O=C(CCc1cc(Cl)ccc1-n1cnnn1)N[C@@H](Cc1ccccc1)c1nc(-c2ccc3[nH]c(=O)cc(OC(=O)O)c3c2)c(Cl)[nH]1. The van der Waals surface area contributed by atoms with Crippen molar-refractivity contribution in [2.45, 2.75) is 25.3 Å². The van der Waals surface area contributed by atoms with Gasteiger partial charge in [-0.25, -0.2) is 14.5 Å². The van der Waals surface area contributed by atoms with E-state index in [-0.39, 0.29) is 23.2 Å². The van der Waals surface area contributed by atoms with Crippen molar-refractivity contribution in [3.8, 4) is 22.7 Å². The number of tetrazole rings is 1. The first-order chi connectivity index (χ1) is 22.2. The smallest absolute Gasteiger partial charge is 0.449 e. The van der Waals surface area contributed by atoms with E-state index < -0.39 is 17.8 Å². The van der Waals surface area contributed by atoms with Gasteiger partial charge in [0.25, 0.3) is 5.56 Å². The Kier molecular flexibility index (Phi) is 8.76. The largest absolute Gasteiger partial charge is 0.511 e. The summed E-state index contributed by atoms with van der Waals surface area (Å²) in [4.78, 5) is 47.1. The Labute approximate surface area is 270 Å². The van der Waals surface area contributed by atoms with Gasteiger partial charge in [-0.05, 0) is 64.7 Å². The average Bonchev–Trinajstić information content (AvgIpc) is 3.70. The Bertz CT molecular complexity index is 2100. The molecule has 0 radical (unpaired) electrons. The fourth-order valence-electron chi connectivity index (χ4n) is 5.10. The van der Waals surface area contributed by atoms with E-state index >= 15 is 0 Å². The van der Waals surface area contributed by atoms with Crippen LogP contribution in [0.4, 0.5) is 4.79 Å². The normalized spacial score (nSPS) is 11.8. The van der Waals surface area contributed by atoms with Crippen molar-refractivity contribution in [3.63, 3.8) is 0 Å². The fourth-order valence-corrected chi connectivity index (χ4v) is 5.55. The maximum Gasteiger partial charge on any atom is 0.511 e. The number of carbonyl (C=O) groups is 2. The summed E-state index contributed by atoms with van der Waals surface area (Å²) in [6.45, 7) is 0. The molecular formula is C31H24Cl2N8O5. The van der Waals surface area contributed by atoms with Gasteiger partial charge in [0, 0.05) is 28.5 Å². The maximum absolute atomic E-state index is 13.4. The molecule has 3 aromatic heterocycles. The molecule has 1 amide bonds. The zero-order valence-electron chi connectivity index (χ0n) is 23.8. The van der Waals surface area contributed by atoms with Gasteiger partial charge in [-0.15, -0.1) is 5.10 Å². The summed E-state index contributed by atoms with van der Waals surface area (Å²) < 4.78 is 6.35. The number of imidazole rings is 1. The number of pyridine rings is 1. The molecule has 13 nitrogen and oxygen atoms in total. The number of nitrogens with zero attached hydrogens (tertiary/aromatic N) is 5. The number of amides is 1. The number of halogens is 2. The quantitative estimate of drug-likeness (QED) is 0.142. The number of H-pyrrole nitrogens is 2. The summed E-state index contributed by atoms with van der Waals surface area (Å²) in [5.41, 5.74) is 3.22. The third-order valence-electron chi connectivity index (χ3n) is 7.16. The minimum Gasteiger partial charge on any atom is -0.449 e. The Morgan fingerprint density at radius 2 is 1.85 bits per heavy atom. The number of fused-ring (bicyclic) bond motifs is 1. The lowest BCUT2D eigenvalue weighted by Crippen LogP contribution is -2.31. The number of rotatable bonds is 10. The Hall–Kier alpha value is -5.53. The van der Waals surface area contributed by atoms with Crippen LogP contribution in [0.25, 0.3) is 27.8 Å². The van der Waals surface area contributed by atoms with Crippen molar-refractivity contribution in [1.29, 1.82) is 0 Å². The van der Waals surface area contributed by atoms with E-state index in [0.29, 0.717) is 51.5 Å². The molecule has 0 saturated heterocycles. The number of hydrogen-bond acceptors (Lipinski definition) is 8. The molecule has 0 aliphatic heterocycles. The van der Waals surface area contributed by atoms with Crippen LogP contribution in [0.2, 0.25) is 10.2 Å². The van der Waals surface area contributed by atoms with Crippen molar-refractivity contribution in [2.75, 3.05) is 0 Å². The standard InChI is InChI=1S/C31H24Cl2N8O5/c32-20-8-10-24(41-16-34-39-40-41)18(13-20)7-11-26(42)36-23(12-17-4-2-1-3-5-17)30-37-28(29(33)38-30)19-6-9-22-21(14-19)25(46-31(44)45)15-27(43)35-22/h1-6,8-10,13-16,23H,7,11-12H2,(H,35,43)(H,36,42)(H,37,38)(H,44,45)/t23-/m0/s1. The first-order valence-electron chi connectivity index (χ1n) is 13.9. The van der Waals surface area contributed by atoms with Crippen LogP contribution in [-0.2, 0) is 17.6 Å². The van der Waals surface area contributed by atoms with Crippen LogP contribution in [0.1, 0.15) is 29.4 Å². The van der Waals surface area contributed by atoms with Gasteiger partial charge in [-0.2, -0.15) is 0 Å². The Morgan fingerprint density at radius 3 is 2.61 bits per heavy atom. The third kappa shape index (κ3) is 6.90. The highest BCUT2D eigenvalue weighted by molar-refractivity contribution is 6.32. The predicted molar refractivity (Wildman–Crippen MR) is 169 cm³/mol. The molecule has 232 valence electrons. The van der Waals surface area contributed by atoms with E-state index in [1.807, 2.05) is 30.3 Å². The first-order valence-corrected chi connectivity index (χ1v) is 14.7. The van der Waals surface area contributed by atoms with E-state index in [4.69, 9.17) is 38.0 Å². The van der Waals surface area contributed by atoms with Gasteiger partial charge in [-0.1, -0.05) is 59.6 Å². The predicted octanol–water partition coefficient (Wildman–Crippen LogP) is 5.29. The van der Waals surface area contributed by atoms with Crippen LogP contribution >= 0.6 is 23.2 Å². The molecule has 0 aliphatic rings. The monoisotopic (exact) mass is 658 g/mol. The molecule has 4 N–H and O–H groups in total. The zero-order chi connectivity index (χ0) is 32.2. The molecule has 3 heterocycles. The number of carboxylic acid groups (broad SMARTS) is 1. The highest BCUT2D eigenvalue weighted by Crippen LogP contribution is 2.33. The highest BCUT2D eigenvalue weighted by atomic mass is 35.5. The molecule has 15 heteroatoms. The maximum atomic E-state index is 13.4. The molecule has 0 unspecified atom stereocenters. The summed E-state index contributed by atoms with van der Waals surface area (Å²) >= 11 is 12.9. The summed E-state index contributed by atoms with van der Waals surface area (Å²) in [5, 5.41) is 24.6.